The zero-order chi connectivity index (χ0) is 20.1. The molecule has 0 radical (unpaired) electrons. The zero-order valence-corrected chi connectivity index (χ0v) is 17.0. The zero-order valence-electron chi connectivity index (χ0n) is 17.0. The average Bonchev–Trinajstić information content (AvgIpc) is 2.78. The molecule has 4 rings (SSSR count). The topological polar surface area (TPSA) is 54.0 Å². The first-order chi connectivity index (χ1) is 14.2. The van der Waals surface area contributed by atoms with E-state index < -0.39 is 0 Å². The van der Waals surface area contributed by atoms with Crippen molar-refractivity contribution in [2.75, 3.05) is 45.9 Å². The van der Waals surface area contributed by atoms with Gasteiger partial charge in [0.15, 0.2) is 11.5 Å². The number of hydrogen-bond donors (Lipinski definition) is 1. The van der Waals surface area contributed by atoms with Gasteiger partial charge in [0.05, 0.1) is 5.56 Å². The van der Waals surface area contributed by atoms with Gasteiger partial charge in [-0.25, -0.2) is 0 Å². The van der Waals surface area contributed by atoms with Crippen molar-refractivity contribution >= 4 is 5.91 Å². The predicted molar refractivity (Wildman–Crippen MR) is 112 cm³/mol. The highest BCUT2D eigenvalue weighted by Crippen LogP contribution is 2.33. The van der Waals surface area contributed by atoms with Crippen molar-refractivity contribution in [3.63, 3.8) is 0 Å². The van der Waals surface area contributed by atoms with Crippen LogP contribution in [0, 0.1) is 0 Å². The molecule has 0 atom stereocenters. The Bertz CT molecular complexity index is 847. The Morgan fingerprint density at radius 1 is 0.931 bits per heavy atom. The van der Waals surface area contributed by atoms with Crippen molar-refractivity contribution in [1.29, 1.82) is 0 Å². The molecule has 0 bridgehead atoms. The fourth-order valence-corrected chi connectivity index (χ4v) is 3.91. The lowest BCUT2D eigenvalue weighted by atomic mass is 10.1. The maximum atomic E-state index is 12.8. The standard InChI is InChI=1S/C23H29N3O3/c1-2-25-10-12-26(13-11-25)17-19-7-4-3-6-18(19)16-24-23(27)20-8-5-9-21-22(20)29-15-14-28-21/h3-9H,2,10-17H2,1H3,(H,24,27). The lowest BCUT2D eigenvalue weighted by Gasteiger charge is -2.34. The van der Waals surface area contributed by atoms with Crippen LogP contribution in [0.3, 0.4) is 0 Å². The van der Waals surface area contributed by atoms with Gasteiger partial charge in [-0.1, -0.05) is 37.3 Å². The number of ether oxygens (including phenoxy) is 2. The molecule has 1 N–H and O–H groups in total. The summed E-state index contributed by atoms with van der Waals surface area (Å²) >= 11 is 0. The van der Waals surface area contributed by atoms with Gasteiger partial charge in [-0.05, 0) is 29.8 Å². The summed E-state index contributed by atoms with van der Waals surface area (Å²) in [5.74, 6) is 1.03. The first kappa shape index (κ1) is 19.7. The van der Waals surface area contributed by atoms with Gasteiger partial charge in [0, 0.05) is 39.3 Å². The van der Waals surface area contributed by atoms with E-state index >= 15 is 0 Å². The fourth-order valence-electron chi connectivity index (χ4n) is 3.91. The second kappa shape index (κ2) is 9.29. The van der Waals surface area contributed by atoms with E-state index in [2.05, 4.69) is 40.2 Å². The first-order valence-corrected chi connectivity index (χ1v) is 10.4. The van der Waals surface area contributed by atoms with E-state index in [4.69, 9.17) is 9.47 Å². The molecule has 0 unspecified atom stereocenters. The van der Waals surface area contributed by atoms with Crippen molar-refractivity contribution in [2.45, 2.75) is 20.0 Å². The van der Waals surface area contributed by atoms with Gasteiger partial charge in [-0.15, -0.1) is 0 Å². The van der Waals surface area contributed by atoms with Crippen LogP contribution in [0.25, 0.3) is 0 Å². The molecule has 2 aromatic rings. The monoisotopic (exact) mass is 395 g/mol. The van der Waals surface area contributed by atoms with Crippen LogP contribution in [-0.2, 0) is 13.1 Å². The lowest BCUT2D eigenvalue weighted by Crippen LogP contribution is -2.45. The minimum absolute atomic E-state index is 0.140. The summed E-state index contributed by atoms with van der Waals surface area (Å²) in [5, 5.41) is 3.06. The maximum absolute atomic E-state index is 12.8. The molecular weight excluding hydrogens is 366 g/mol. The third-order valence-electron chi connectivity index (χ3n) is 5.67. The molecule has 1 saturated heterocycles. The van der Waals surface area contributed by atoms with Crippen molar-refractivity contribution in [3.8, 4) is 11.5 Å². The van der Waals surface area contributed by atoms with Crippen LogP contribution in [0.1, 0.15) is 28.4 Å². The van der Waals surface area contributed by atoms with E-state index in [0.29, 0.717) is 36.8 Å². The number of nitrogens with zero attached hydrogens (tertiary/aromatic N) is 2. The van der Waals surface area contributed by atoms with Crippen LogP contribution >= 0.6 is 0 Å². The number of benzene rings is 2. The Hall–Kier alpha value is -2.57. The summed E-state index contributed by atoms with van der Waals surface area (Å²) < 4.78 is 11.3. The molecule has 0 aliphatic carbocycles. The molecule has 0 spiro atoms. The van der Waals surface area contributed by atoms with Crippen molar-refractivity contribution in [3.05, 3.63) is 59.2 Å². The quantitative estimate of drug-likeness (QED) is 0.815. The highest BCUT2D eigenvalue weighted by molar-refractivity contribution is 5.97. The van der Waals surface area contributed by atoms with Gasteiger partial charge >= 0.3 is 0 Å². The third kappa shape index (κ3) is 4.71. The van der Waals surface area contributed by atoms with E-state index in [0.717, 1.165) is 44.8 Å². The molecule has 2 heterocycles. The van der Waals surface area contributed by atoms with Crippen LogP contribution < -0.4 is 14.8 Å². The third-order valence-corrected chi connectivity index (χ3v) is 5.67. The molecule has 0 saturated carbocycles. The van der Waals surface area contributed by atoms with E-state index in [1.54, 1.807) is 6.07 Å². The molecule has 1 amide bonds. The van der Waals surface area contributed by atoms with Crippen LogP contribution in [0.15, 0.2) is 42.5 Å². The number of carbonyl (C=O) groups is 1. The number of rotatable bonds is 6. The average molecular weight is 396 g/mol. The van der Waals surface area contributed by atoms with Crippen molar-refractivity contribution < 1.29 is 14.3 Å². The Kier molecular flexibility index (Phi) is 6.32. The number of likely N-dealkylation sites (N-methyl/N-ethyl adjacent to an activating group) is 1. The number of nitrogens with one attached hydrogen (secondary N) is 1. The highest BCUT2D eigenvalue weighted by Gasteiger charge is 2.21. The van der Waals surface area contributed by atoms with Crippen molar-refractivity contribution in [1.82, 2.24) is 15.1 Å². The summed E-state index contributed by atoms with van der Waals surface area (Å²) in [5.41, 5.74) is 2.95. The van der Waals surface area contributed by atoms with E-state index in [1.807, 2.05) is 18.2 Å². The largest absolute Gasteiger partial charge is 0.486 e. The Balaban J connectivity index is 1.40. The Labute approximate surface area is 172 Å². The molecule has 6 heteroatoms. The highest BCUT2D eigenvalue weighted by atomic mass is 16.6. The minimum atomic E-state index is -0.140. The van der Waals surface area contributed by atoms with Crippen molar-refractivity contribution in [2.24, 2.45) is 0 Å². The van der Waals surface area contributed by atoms with Crippen LogP contribution in [0.5, 0.6) is 11.5 Å². The molecular formula is C23H29N3O3. The van der Waals surface area contributed by atoms with Gasteiger partial charge in [-0.2, -0.15) is 0 Å². The Morgan fingerprint density at radius 2 is 1.66 bits per heavy atom. The molecule has 2 aromatic carbocycles. The van der Waals surface area contributed by atoms with Crippen LogP contribution in [0.2, 0.25) is 0 Å². The number of amides is 1. The van der Waals surface area contributed by atoms with Gasteiger partial charge in [0.25, 0.3) is 5.91 Å². The maximum Gasteiger partial charge on any atom is 0.255 e. The second-order valence-electron chi connectivity index (χ2n) is 7.49. The second-order valence-corrected chi connectivity index (χ2v) is 7.49. The predicted octanol–water partition coefficient (Wildman–Crippen LogP) is 2.53. The van der Waals surface area contributed by atoms with Gasteiger partial charge in [0.2, 0.25) is 0 Å². The smallest absolute Gasteiger partial charge is 0.255 e. The molecule has 2 aliphatic rings. The summed E-state index contributed by atoms with van der Waals surface area (Å²) in [4.78, 5) is 17.8. The number of hydrogen-bond acceptors (Lipinski definition) is 5. The number of fused-ring (bicyclic) bond motifs is 1. The van der Waals surface area contributed by atoms with Gasteiger partial charge in [0.1, 0.15) is 13.2 Å². The minimum Gasteiger partial charge on any atom is -0.486 e. The number of para-hydroxylation sites is 1. The Morgan fingerprint density at radius 3 is 2.45 bits per heavy atom. The normalized spacial score (nSPS) is 17.1. The summed E-state index contributed by atoms with van der Waals surface area (Å²) in [6, 6.07) is 13.8. The fraction of sp³-hybridized carbons (Fsp3) is 0.435. The molecule has 154 valence electrons. The van der Waals surface area contributed by atoms with Gasteiger partial charge in [-0.3, -0.25) is 9.69 Å². The van der Waals surface area contributed by atoms with Gasteiger partial charge < -0.3 is 19.7 Å². The molecule has 1 fully saturated rings. The molecule has 2 aliphatic heterocycles. The molecule has 0 aromatic heterocycles. The number of piperazine rings is 1. The number of carbonyl (C=O) groups excluding carboxylic acids is 1. The summed E-state index contributed by atoms with van der Waals surface area (Å²) in [7, 11) is 0. The molecule has 29 heavy (non-hydrogen) atoms. The van der Waals surface area contributed by atoms with E-state index in [-0.39, 0.29) is 5.91 Å². The first-order valence-electron chi connectivity index (χ1n) is 10.4. The van der Waals surface area contributed by atoms with E-state index in [9.17, 15) is 4.79 Å². The SMILES string of the molecule is CCN1CCN(Cc2ccccc2CNC(=O)c2cccc3c2OCCO3)CC1. The summed E-state index contributed by atoms with van der Waals surface area (Å²) in [6.07, 6.45) is 0. The van der Waals surface area contributed by atoms with Crippen LogP contribution in [0.4, 0.5) is 0 Å². The van der Waals surface area contributed by atoms with Crippen LogP contribution in [-0.4, -0.2) is 61.6 Å². The lowest BCUT2D eigenvalue weighted by molar-refractivity contribution is 0.0939. The van der Waals surface area contributed by atoms with E-state index in [1.165, 1.54) is 5.56 Å². The molecule has 6 nitrogen and oxygen atoms in total. The summed E-state index contributed by atoms with van der Waals surface area (Å²) in [6.45, 7) is 10.1.